The van der Waals surface area contributed by atoms with Crippen molar-refractivity contribution in [3.05, 3.63) is 52.7 Å². The van der Waals surface area contributed by atoms with Gasteiger partial charge in [0, 0.05) is 36.3 Å². The first kappa shape index (κ1) is 12.5. The van der Waals surface area contributed by atoms with E-state index in [0.29, 0.717) is 6.54 Å². The van der Waals surface area contributed by atoms with Crippen molar-refractivity contribution in [3.8, 4) is 11.1 Å². The van der Waals surface area contributed by atoms with Gasteiger partial charge in [-0.25, -0.2) is 0 Å². The van der Waals surface area contributed by atoms with Crippen molar-refractivity contribution in [3.63, 3.8) is 0 Å². The number of aliphatic hydroxyl groups excluding tert-OH is 1. The van der Waals surface area contributed by atoms with E-state index in [2.05, 4.69) is 4.98 Å². The molecule has 94 valence electrons. The molecule has 2 aromatic heterocycles. The highest BCUT2D eigenvalue weighted by molar-refractivity contribution is 5.65. The minimum atomic E-state index is -0.0706. The van der Waals surface area contributed by atoms with E-state index in [-0.39, 0.29) is 12.2 Å². The zero-order valence-corrected chi connectivity index (χ0v) is 10.3. The Balaban J connectivity index is 2.62. The smallest absolute Gasteiger partial charge is 0.250 e. The van der Waals surface area contributed by atoms with E-state index in [1.54, 1.807) is 23.0 Å². The molecule has 4 nitrogen and oxygen atoms in total. The molecule has 4 heteroatoms. The van der Waals surface area contributed by atoms with Gasteiger partial charge in [-0.05, 0) is 30.2 Å². The van der Waals surface area contributed by atoms with Crippen LogP contribution in [0.5, 0.6) is 0 Å². The fourth-order valence-electron chi connectivity index (χ4n) is 2.14. The van der Waals surface area contributed by atoms with Crippen LogP contribution in [0, 0.1) is 0 Å². The van der Waals surface area contributed by atoms with Crippen LogP contribution in [0.2, 0.25) is 0 Å². The van der Waals surface area contributed by atoms with Crippen molar-refractivity contribution in [1.29, 1.82) is 0 Å². The van der Waals surface area contributed by atoms with Crippen LogP contribution >= 0.6 is 0 Å². The van der Waals surface area contributed by atoms with E-state index in [0.717, 1.165) is 23.2 Å². The summed E-state index contributed by atoms with van der Waals surface area (Å²) in [5.74, 6) is 0. The lowest BCUT2D eigenvalue weighted by molar-refractivity contribution is 0.272. The first-order valence-electron chi connectivity index (χ1n) is 6.02. The summed E-state index contributed by atoms with van der Waals surface area (Å²) in [6, 6.07) is 7.22. The third-order valence-corrected chi connectivity index (χ3v) is 2.95. The van der Waals surface area contributed by atoms with E-state index in [1.165, 1.54) is 0 Å². The van der Waals surface area contributed by atoms with E-state index in [9.17, 15) is 4.79 Å². The minimum absolute atomic E-state index is 0.0350. The van der Waals surface area contributed by atoms with Crippen molar-refractivity contribution in [1.82, 2.24) is 9.55 Å². The molecule has 0 spiro atoms. The molecule has 0 amide bonds. The number of hydrogen-bond acceptors (Lipinski definition) is 3. The molecule has 2 heterocycles. The zero-order valence-electron chi connectivity index (χ0n) is 10.3. The van der Waals surface area contributed by atoms with Gasteiger partial charge in [-0.3, -0.25) is 9.78 Å². The molecule has 0 aromatic carbocycles. The minimum Gasteiger partial charge on any atom is -0.395 e. The van der Waals surface area contributed by atoms with Crippen LogP contribution in [-0.2, 0) is 13.0 Å². The molecule has 2 aromatic rings. The Morgan fingerprint density at radius 2 is 1.94 bits per heavy atom. The molecule has 18 heavy (non-hydrogen) atoms. The highest BCUT2D eigenvalue weighted by atomic mass is 16.3. The van der Waals surface area contributed by atoms with Crippen molar-refractivity contribution in [2.45, 2.75) is 19.9 Å². The second-order valence-corrected chi connectivity index (χ2v) is 4.00. The number of nitrogens with zero attached hydrogens (tertiary/aromatic N) is 2. The molecule has 0 aliphatic heterocycles. The number of pyridine rings is 2. The van der Waals surface area contributed by atoms with Crippen LogP contribution in [0.25, 0.3) is 11.1 Å². The van der Waals surface area contributed by atoms with Gasteiger partial charge in [0.25, 0.3) is 5.56 Å². The second kappa shape index (κ2) is 5.60. The molecule has 2 rings (SSSR count). The quantitative estimate of drug-likeness (QED) is 0.886. The Kier molecular flexibility index (Phi) is 3.89. The van der Waals surface area contributed by atoms with Crippen LogP contribution in [-0.4, -0.2) is 21.3 Å². The Labute approximate surface area is 106 Å². The SMILES string of the molecule is CCc1c(-c2ccncc2)ccc(=O)n1CCO. The monoisotopic (exact) mass is 244 g/mol. The maximum Gasteiger partial charge on any atom is 0.250 e. The Hall–Kier alpha value is -1.94. The molecular weight excluding hydrogens is 228 g/mol. The molecule has 0 aliphatic carbocycles. The van der Waals surface area contributed by atoms with Crippen LogP contribution in [0.15, 0.2) is 41.5 Å². The molecule has 0 fully saturated rings. The van der Waals surface area contributed by atoms with Crippen molar-refractivity contribution in [2.75, 3.05) is 6.61 Å². The van der Waals surface area contributed by atoms with Crippen LogP contribution < -0.4 is 5.56 Å². The van der Waals surface area contributed by atoms with E-state index in [4.69, 9.17) is 5.11 Å². The maximum atomic E-state index is 11.8. The Morgan fingerprint density at radius 3 is 2.56 bits per heavy atom. The average molecular weight is 244 g/mol. The third kappa shape index (κ3) is 2.33. The van der Waals surface area contributed by atoms with Crippen LogP contribution in [0.4, 0.5) is 0 Å². The van der Waals surface area contributed by atoms with Gasteiger partial charge in [0.1, 0.15) is 0 Å². The molecule has 1 N–H and O–H groups in total. The number of hydrogen-bond donors (Lipinski definition) is 1. The summed E-state index contributed by atoms with van der Waals surface area (Å²) in [4.78, 5) is 15.8. The van der Waals surface area contributed by atoms with E-state index < -0.39 is 0 Å². The highest BCUT2D eigenvalue weighted by Gasteiger charge is 2.09. The molecule has 0 radical (unpaired) electrons. The topological polar surface area (TPSA) is 55.1 Å². The van der Waals surface area contributed by atoms with Crippen molar-refractivity contribution in [2.24, 2.45) is 0 Å². The molecule has 0 atom stereocenters. The van der Waals surface area contributed by atoms with Gasteiger partial charge in [-0.15, -0.1) is 0 Å². The largest absolute Gasteiger partial charge is 0.395 e. The predicted molar refractivity (Wildman–Crippen MR) is 70.4 cm³/mol. The number of aliphatic hydroxyl groups is 1. The van der Waals surface area contributed by atoms with Gasteiger partial charge in [-0.1, -0.05) is 6.92 Å². The summed E-state index contributed by atoms with van der Waals surface area (Å²) in [6.45, 7) is 2.31. The van der Waals surface area contributed by atoms with Gasteiger partial charge in [0.2, 0.25) is 0 Å². The van der Waals surface area contributed by atoms with Crippen LogP contribution in [0.1, 0.15) is 12.6 Å². The number of aromatic nitrogens is 2. The average Bonchev–Trinajstić information content (AvgIpc) is 2.42. The summed E-state index contributed by atoms with van der Waals surface area (Å²) in [5.41, 5.74) is 2.93. The zero-order chi connectivity index (χ0) is 13.0. The molecule has 0 saturated carbocycles. The summed E-state index contributed by atoms with van der Waals surface area (Å²) in [6.07, 6.45) is 4.21. The fraction of sp³-hybridized carbons (Fsp3) is 0.286. The predicted octanol–water partition coefficient (Wildman–Crippen LogP) is 1.46. The van der Waals surface area contributed by atoms with Gasteiger partial charge in [0.05, 0.1) is 6.61 Å². The summed E-state index contributed by atoms with van der Waals surface area (Å²) < 4.78 is 1.63. The Bertz CT molecular complexity index is 576. The second-order valence-electron chi connectivity index (χ2n) is 4.00. The van der Waals surface area contributed by atoms with Crippen molar-refractivity contribution < 1.29 is 5.11 Å². The van der Waals surface area contributed by atoms with Gasteiger partial charge < -0.3 is 9.67 Å². The lowest BCUT2D eigenvalue weighted by Gasteiger charge is -2.15. The van der Waals surface area contributed by atoms with Crippen LogP contribution in [0.3, 0.4) is 0 Å². The molecule has 0 unspecified atom stereocenters. The fourth-order valence-corrected chi connectivity index (χ4v) is 2.14. The molecular formula is C14H16N2O2. The lowest BCUT2D eigenvalue weighted by atomic mass is 10.0. The molecule has 0 saturated heterocycles. The number of rotatable bonds is 4. The summed E-state index contributed by atoms with van der Waals surface area (Å²) >= 11 is 0. The Morgan fingerprint density at radius 1 is 1.22 bits per heavy atom. The highest BCUT2D eigenvalue weighted by Crippen LogP contribution is 2.22. The standard InChI is InChI=1S/C14H16N2O2/c1-2-13-12(11-5-7-15-8-6-11)3-4-14(18)16(13)9-10-17/h3-8,17H,2,9-10H2,1H3. The first-order chi connectivity index (χ1) is 8.77. The van der Waals surface area contributed by atoms with Gasteiger partial charge >= 0.3 is 0 Å². The van der Waals surface area contributed by atoms with E-state index >= 15 is 0 Å². The maximum absolute atomic E-state index is 11.8. The molecule has 0 bridgehead atoms. The first-order valence-corrected chi connectivity index (χ1v) is 6.02. The summed E-state index contributed by atoms with van der Waals surface area (Å²) in [5, 5.41) is 9.06. The normalized spacial score (nSPS) is 10.6. The van der Waals surface area contributed by atoms with Crippen molar-refractivity contribution >= 4 is 0 Å². The van der Waals surface area contributed by atoms with E-state index in [1.807, 2.05) is 25.1 Å². The summed E-state index contributed by atoms with van der Waals surface area (Å²) in [7, 11) is 0. The van der Waals surface area contributed by atoms with Gasteiger partial charge in [0.15, 0.2) is 0 Å². The lowest BCUT2D eigenvalue weighted by Crippen LogP contribution is -2.24. The third-order valence-electron chi connectivity index (χ3n) is 2.95. The van der Waals surface area contributed by atoms with Gasteiger partial charge in [-0.2, -0.15) is 0 Å². The molecule has 0 aliphatic rings.